The van der Waals surface area contributed by atoms with Crippen molar-refractivity contribution in [3.05, 3.63) is 29.8 Å². The second-order valence-corrected chi connectivity index (χ2v) is 3.50. The molecule has 0 aliphatic heterocycles. The minimum Gasteiger partial charge on any atom is -0.321 e. The number of hydrogen-bond donors (Lipinski definition) is 1. The van der Waals surface area contributed by atoms with Crippen LogP contribution in [0.3, 0.4) is 0 Å². The summed E-state index contributed by atoms with van der Waals surface area (Å²) in [5.74, 6) is -0.244. The number of carbonyl (C=O) groups is 1. The van der Waals surface area contributed by atoms with E-state index >= 15 is 0 Å². The second-order valence-electron chi connectivity index (χ2n) is 3.50. The van der Waals surface area contributed by atoms with Crippen LogP contribution < -0.4 is 5.32 Å². The molecule has 4 heteroatoms. The normalized spacial score (nSPS) is 10.9. The number of aliphatic imine (C=N–C) groups is 2. The van der Waals surface area contributed by atoms with E-state index in [4.69, 9.17) is 0 Å². The van der Waals surface area contributed by atoms with Crippen molar-refractivity contribution in [2.75, 3.05) is 19.4 Å². The maximum absolute atomic E-state index is 11.8. The van der Waals surface area contributed by atoms with Crippen LogP contribution in [-0.2, 0) is 11.2 Å². The Morgan fingerprint density at radius 2 is 2.00 bits per heavy atom. The van der Waals surface area contributed by atoms with E-state index in [0.717, 1.165) is 12.1 Å². The van der Waals surface area contributed by atoms with Gasteiger partial charge < -0.3 is 5.32 Å². The zero-order valence-electron chi connectivity index (χ0n) is 12.4. The lowest BCUT2D eigenvalue weighted by Gasteiger charge is -2.06. The summed E-state index contributed by atoms with van der Waals surface area (Å²) >= 11 is 0. The van der Waals surface area contributed by atoms with Gasteiger partial charge in [-0.2, -0.15) is 0 Å². The number of rotatable bonds is 4. The third-order valence-corrected chi connectivity index (χ3v) is 2.32. The van der Waals surface area contributed by atoms with Gasteiger partial charge in [0.1, 0.15) is 5.71 Å². The average molecular weight is 261 g/mol. The van der Waals surface area contributed by atoms with Crippen LogP contribution >= 0.6 is 0 Å². The lowest BCUT2D eigenvalue weighted by molar-refractivity contribution is -0.110. The molecule has 0 saturated carbocycles. The monoisotopic (exact) mass is 261 g/mol. The van der Waals surface area contributed by atoms with Crippen LogP contribution in [0.25, 0.3) is 0 Å². The lowest BCUT2D eigenvalue weighted by atomic mass is 10.1. The minimum absolute atomic E-state index is 0.244. The molecule has 0 aromatic heterocycles. The van der Waals surface area contributed by atoms with Crippen LogP contribution in [0.2, 0.25) is 0 Å². The Labute approximate surface area is 115 Å². The van der Waals surface area contributed by atoms with Gasteiger partial charge in [0.15, 0.2) is 0 Å². The second kappa shape index (κ2) is 10.00. The van der Waals surface area contributed by atoms with Gasteiger partial charge >= 0.3 is 0 Å². The maximum atomic E-state index is 11.8. The van der Waals surface area contributed by atoms with Gasteiger partial charge in [-0.05, 0) is 24.1 Å². The summed E-state index contributed by atoms with van der Waals surface area (Å²) in [6.07, 6.45) is 2.38. The topological polar surface area (TPSA) is 53.8 Å². The molecule has 0 fully saturated rings. The van der Waals surface area contributed by atoms with Gasteiger partial charge in [-0.25, -0.2) is 0 Å². The van der Waals surface area contributed by atoms with Gasteiger partial charge in [0, 0.05) is 19.8 Å². The molecule has 104 valence electrons. The highest BCUT2D eigenvalue weighted by atomic mass is 16.1. The Bertz CT molecular complexity index is 450. The predicted octanol–water partition coefficient (Wildman–Crippen LogP) is 2.99. The van der Waals surface area contributed by atoms with Crippen molar-refractivity contribution in [1.82, 2.24) is 0 Å². The molecule has 0 bridgehead atoms. The standard InChI is InChI=1S/C13H17N3O.C2H6/c1-4-10-6-5-7-11(8-10)16-13(17)12(15-3)9-14-2;1-2/h5-9H,4H2,1-3H3,(H,16,17);1-2H3. The highest BCUT2D eigenvalue weighted by Gasteiger charge is 2.08. The first-order valence-corrected chi connectivity index (χ1v) is 6.50. The van der Waals surface area contributed by atoms with Crippen molar-refractivity contribution in [3.63, 3.8) is 0 Å². The first-order valence-electron chi connectivity index (χ1n) is 6.50. The van der Waals surface area contributed by atoms with Crippen LogP contribution in [0, 0.1) is 0 Å². The quantitative estimate of drug-likeness (QED) is 0.832. The fourth-order valence-electron chi connectivity index (χ4n) is 1.40. The lowest BCUT2D eigenvalue weighted by Crippen LogP contribution is -2.24. The zero-order chi connectivity index (χ0) is 14.7. The van der Waals surface area contributed by atoms with Crippen molar-refractivity contribution in [3.8, 4) is 0 Å². The van der Waals surface area contributed by atoms with Gasteiger partial charge in [0.05, 0.1) is 6.21 Å². The molecule has 0 heterocycles. The Hall–Kier alpha value is -1.97. The van der Waals surface area contributed by atoms with E-state index < -0.39 is 0 Å². The van der Waals surface area contributed by atoms with E-state index in [1.165, 1.54) is 11.8 Å². The number of amides is 1. The highest BCUT2D eigenvalue weighted by molar-refractivity contribution is 6.63. The Kier molecular flexibility index (Phi) is 8.96. The summed E-state index contributed by atoms with van der Waals surface area (Å²) in [6, 6.07) is 7.75. The summed E-state index contributed by atoms with van der Waals surface area (Å²) in [5, 5.41) is 2.79. The van der Waals surface area contributed by atoms with Crippen molar-refractivity contribution in [2.24, 2.45) is 9.98 Å². The molecule has 0 aliphatic rings. The molecule has 1 aromatic rings. The van der Waals surface area contributed by atoms with Gasteiger partial charge in [0.25, 0.3) is 5.91 Å². The largest absolute Gasteiger partial charge is 0.321 e. The molecule has 1 amide bonds. The summed E-state index contributed by atoms with van der Waals surface area (Å²) in [6.45, 7) is 6.07. The third-order valence-electron chi connectivity index (χ3n) is 2.32. The molecular weight excluding hydrogens is 238 g/mol. The summed E-state index contributed by atoms with van der Waals surface area (Å²) in [7, 11) is 3.18. The molecule has 1 rings (SSSR count). The van der Waals surface area contributed by atoms with Crippen LogP contribution in [0.5, 0.6) is 0 Å². The molecular formula is C15H23N3O. The Morgan fingerprint density at radius 3 is 2.53 bits per heavy atom. The van der Waals surface area contributed by atoms with E-state index in [9.17, 15) is 4.79 Å². The fraction of sp³-hybridized carbons (Fsp3) is 0.400. The SMILES string of the molecule is CC.CCc1cccc(NC(=O)C(C=NC)=NC)c1. The molecule has 0 unspecified atom stereocenters. The van der Waals surface area contributed by atoms with Crippen molar-refractivity contribution in [1.29, 1.82) is 0 Å². The van der Waals surface area contributed by atoms with Gasteiger partial charge in [0.2, 0.25) is 0 Å². The van der Waals surface area contributed by atoms with Crippen molar-refractivity contribution >= 4 is 23.5 Å². The van der Waals surface area contributed by atoms with Crippen molar-refractivity contribution in [2.45, 2.75) is 27.2 Å². The average Bonchev–Trinajstić information content (AvgIpc) is 2.46. The van der Waals surface area contributed by atoms with E-state index in [0.29, 0.717) is 5.71 Å². The molecule has 0 radical (unpaired) electrons. The number of aryl methyl sites for hydroxylation is 1. The first kappa shape index (κ1) is 17.0. The van der Waals surface area contributed by atoms with E-state index in [1.807, 2.05) is 38.1 Å². The number of benzene rings is 1. The number of nitrogens with zero attached hydrogens (tertiary/aromatic N) is 2. The number of carbonyl (C=O) groups excluding carboxylic acids is 1. The molecule has 1 N–H and O–H groups in total. The summed E-state index contributed by atoms with van der Waals surface area (Å²) in [5.41, 5.74) is 2.27. The summed E-state index contributed by atoms with van der Waals surface area (Å²) in [4.78, 5) is 19.5. The molecule has 1 aromatic carbocycles. The third kappa shape index (κ3) is 5.95. The first-order chi connectivity index (χ1) is 9.21. The van der Waals surface area contributed by atoms with Crippen LogP contribution in [0.4, 0.5) is 5.69 Å². The molecule has 0 aliphatic carbocycles. The molecule has 0 saturated heterocycles. The smallest absolute Gasteiger partial charge is 0.275 e. The zero-order valence-corrected chi connectivity index (χ0v) is 12.4. The van der Waals surface area contributed by atoms with E-state index in [2.05, 4.69) is 22.2 Å². The van der Waals surface area contributed by atoms with Gasteiger partial charge in [-0.1, -0.05) is 32.9 Å². The van der Waals surface area contributed by atoms with Crippen molar-refractivity contribution < 1.29 is 4.79 Å². The predicted molar refractivity (Wildman–Crippen MR) is 83.6 cm³/mol. The van der Waals surface area contributed by atoms with Gasteiger partial charge in [-0.3, -0.25) is 14.8 Å². The Morgan fingerprint density at radius 1 is 1.32 bits per heavy atom. The van der Waals surface area contributed by atoms with Crippen LogP contribution in [0.15, 0.2) is 34.3 Å². The van der Waals surface area contributed by atoms with E-state index in [-0.39, 0.29) is 5.91 Å². The minimum atomic E-state index is -0.244. The molecule has 0 spiro atoms. The maximum Gasteiger partial charge on any atom is 0.275 e. The fourth-order valence-corrected chi connectivity index (χ4v) is 1.40. The number of hydrogen-bond acceptors (Lipinski definition) is 3. The number of nitrogens with one attached hydrogen (secondary N) is 1. The summed E-state index contributed by atoms with van der Waals surface area (Å²) < 4.78 is 0. The molecule has 0 atom stereocenters. The van der Waals surface area contributed by atoms with Crippen LogP contribution in [0.1, 0.15) is 26.3 Å². The van der Waals surface area contributed by atoms with Gasteiger partial charge in [-0.15, -0.1) is 0 Å². The van der Waals surface area contributed by atoms with E-state index in [1.54, 1.807) is 14.1 Å². The Balaban J connectivity index is 0.00000154. The number of anilines is 1. The molecule has 4 nitrogen and oxygen atoms in total. The molecule has 19 heavy (non-hydrogen) atoms. The highest BCUT2D eigenvalue weighted by Crippen LogP contribution is 2.10. The van der Waals surface area contributed by atoms with Crippen LogP contribution in [-0.4, -0.2) is 31.9 Å².